The fourth-order valence-electron chi connectivity index (χ4n) is 4.06. The number of urea groups is 1. The smallest absolute Gasteiger partial charge is 0.337 e. The molecule has 160 valence electrons. The molecule has 1 aliphatic heterocycles. The van der Waals surface area contributed by atoms with Crippen molar-refractivity contribution in [1.82, 2.24) is 25.2 Å². The van der Waals surface area contributed by atoms with Gasteiger partial charge in [-0.05, 0) is 42.0 Å². The number of hydrogen-bond donors (Lipinski definition) is 2. The largest absolute Gasteiger partial charge is 0.416 e. The number of imide groups is 1. The molecule has 1 unspecified atom stereocenters. The van der Waals surface area contributed by atoms with Gasteiger partial charge in [0.1, 0.15) is 5.82 Å². The van der Waals surface area contributed by atoms with Gasteiger partial charge in [-0.3, -0.25) is 10.1 Å². The number of carbonyl (C=O) groups is 2. The molecule has 0 radical (unpaired) electrons. The number of fused-ring (bicyclic) bond motifs is 1. The first-order valence-electron chi connectivity index (χ1n) is 9.52. The molecule has 1 saturated carbocycles. The van der Waals surface area contributed by atoms with Crippen LogP contribution in [0.4, 0.5) is 22.4 Å². The number of hydrogen-bond acceptors (Lipinski definition) is 4. The Morgan fingerprint density at radius 3 is 2.58 bits per heavy atom. The first-order chi connectivity index (χ1) is 14.7. The van der Waals surface area contributed by atoms with Crippen LogP contribution in [0.3, 0.4) is 0 Å². The maximum atomic E-state index is 14.4. The molecule has 11 heteroatoms. The van der Waals surface area contributed by atoms with Crippen molar-refractivity contribution in [1.29, 1.82) is 0 Å². The van der Waals surface area contributed by atoms with Crippen LogP contribution in [-0.4, -0.2) is 33.1 Å². The molecular weight excluding hydrogens is 418 g/mol. The number of nitrogens with zero attached hydrogens (tertiary/aromatic N) is 3. The zero-order valence-electron chi connectivity index (χ0n) is 15.8. The quantitative estimate of drug-likeness (QED) is 0.622. The van der Waals surface area contributed by atoms with Gasteiger partial charge >= 0.3 is 12.2 Å². The summed E-state index contributed by atoms with van der Waals surface area (Å²) in [6, 6.07) is 3.70. The molecule has 0 bridgehead atoms. The Morgan fingerprint density at radius 2 is 1.87 bits per heavy atom. The third kappa shape index (κ3) is 3.39. The van der Waals surface area contributed by atoms with Crippen LogP contribution < -0.4 is 10.6 Å². The Hall–Kier alpha value is -3.50. The summed E-state index contributed by atoms with van der Waals surface area (Å²) in [6.45, 7) is 0.0823. The number of carbonyl (C=O) groups excluding carboxylic acids is 2. The summed E-state index contributed by atoms with van der Waals surface area (Å²) in [7, 11) is 0. The highest BCUT2D eigenvalue weighted by Crippen LogP contribution is 2.56. The van der Waals surface area contributed by atoms with E-state index in [9.17, 15) is 27.2 Å². The van der Waals surface area contributed by atoms with Crippen molar-refractivity contribution >= 4 is 17.6 Å². The normalized spacial score (nSPS) is 23.5. The van der Waals surface area contributed by atoms with Crippen LogP contribution in [0.25, 0.3) is 5.65 Å². The van der Waals surface area contributed by atoms with Crippen molar-refractivity contribution < 1.29 is 27.2 Å². The van der Waals surface area contributed by atoms with E-state index in [2.05, 4.69) is 20.7 Å². The number of alkyl halides is 3. The summed E-state index contributed by atoms with van der Waals surface area (Å²) in [5.74, 6) is -2.58. The molecule has 3 heterocycles. The van der Waals surface area contributed by atoms with Gasteiger partial charge in [-0.2, -0.15) is 18.3 Å². The molecule has 1 aliphatic carbocycles. The van der Waals surface area contributed by atoms with Gasteiger partial charge in [0.2, 0.25) is 5.91 Å². The summed E-state index contributed by atoms with van der Waals surface area (Å²) < 4.78 is 54.4. The Morgan fingerprint density at radius 1 is 1.10 bits per heavy atom. The highest BCUT2D eigenvalue weighted by atomic mass is 19.4. The standard InChI is InChI=1S/C20H15F4N5O2/c21-15-5-9(20(22,23)24)1-2-10(15)11-6-12(11)13-7-16(28-29-4-3-25-17(13)29)14-8-26-19(31)27-18(14)30/h1-5,7,11-12,14H,6,8H2,(H2,26,27,30,31)/t11-,12+,14?/m1/s1. The molecule has 5 rings (SSSR count). The number of halogens is 4. The summed E-state index contributed by atoms with van der Waals surface area (Å²) in [5.41, 5.74) is 0.853. The number of amides is 3. The van der Waals surface area contributed by atoms with E-state index in [1.165, 1.54) is 16.8 Å². The van der Waals surface area contributed by atoms with Crippen LogP contribution in [0.2, 0.25) is 0 Å². The van der Waals surface area contributed by atoms with E-state index in [1.807, 2.05) is 0 Å². The third-order valence-corrected chi connectivity index (χ3v) is 5.70. The summed E-state index contributed by atoms with van der Waals surface area (Å²) in [4.78, 5) is 27.9. The minimum absolute atomic E-state index is 0.0823. The maximum Gasteiger partial charge on any atom is 0.416 e. The van der Waals surface area contributed by atoms with Gasteiger partial charge in [0.15, 0.2) is 5.65 Å². The molecule has 0 spiro atoms. The van der Waals surface area contributed by atoms with Gasteiger partial charge in [0, 0.05) is 24.5 Å². The lowest BCUT2D eigenvalue weighted by Gasteiger charge is -2.22. The van der Waals surface area contributed by atoms with E-state index in [4.69, 9.17) is 0 Å². The molecule has 3 atom stereocenters. The van der Waals surface area contributed by atoms with Gasteiger partial charge < -0.3 is 5.32 Å². The minimum atomic E-state index is -4.61. The van der Waals surface area contributed by atoms with Gasteiger partial charge in [-0.15, -0.1) is 0 Å². The Labute approximate surface area is 172 Å². The Kier molecular flexibility index (Phi) is 4.24. The van der Waals surface area contributed by atoms with E-state index in [-0.39, 0.29) is 23.9 Å². The summed E-state index contributed by atoms with van der Waals surface area (Å²) in [6.07, 6.45) is -0.936. The van der Waals surface area contributed by atoms with Crippen LogP contribution in [0.1, 0.15) is 46.6 Å². The van der Waals surface area contributed by atoms with Crippen molar-refractivity contribution in [3.05, 3.63) is 64.9 Å². The van der Waals surface area contributed by atoms with Crippen LogP contribution in [0.15, 0.2) is 36.7 Å². The zero-order valence-corrected chi connectivity index (χ0v) is 15.8. The first kappa shape index (κ1) is 19.5. The second kappa shape index (κ2) is 6.76. The van der Waals surface area contributed by atoms with Crippen LogP contribution in [-0.2, 0) is 11.0 Å². The predicted molar refractivity (Wildman–Crippen MR) is 98.8 cm³/mol. The number of imidazole rings is 1. The van der Waals surface area contributed by atoms with Crippen molar-refractivity contribution in [2.45, 2.75) is 30.4 Å². The van der Waals surface area contributed by atoms with Gasteiger partial charge in [-0.25, -0.2) is 18.7 Å². The van der Waals surface area contributed by atoms with Crippen molar-refractivity contribution in [2.75, 3.05) is 6.54 Å². The lowest BCUT2D eigenvalue weighted by atomic mass is 9.98. The SMILES string of the molecule is O=C1NCC(c2cc([C@H]3C[C@@H]3c3ccc(C(F)(F)F)cc3F)c3nccn3n2)C(=O)N1. The van der Waals surface area contributed by atoms with Crippen molar-refractivity contribution in [3.8, 4) is 0 Å². The first-order valence-corrected chi connectivity index (χ1v) is 9.52. The number of nitrogens with one attached hydrogen (secondary N) is 2. The van der Waals surface area contributed by atoms with Gasteiger partial charge in [-0.1, -0.05) is 6.07 Å². The molecule has 2 aliphatic rings. The molecule has 3 amide bonds. The molecule has 1 aromatic carbocycles. The highest BCUT2D eigenvalue weighted by Gasteiger charge is 2.44. The number of benzene rings is 1. The van der Waals surface area contributed by atoms with Crippen LogP contribution in [0.5, 0.6) is 0 Å². The Bertz CT molecular complexity index is 1220. The monoisotopic (exact) mass is 433 g/mol. The van der Waals surface area contributed by atoms with Gasteiger partial charge in [0.05, 0.1) is 17.2 Å². The molecule has 2 N–H and O–H groups in total. The maximum absolute atomic E-state index is 14.4. The number of aromatic nitrogens is 3. The predicted octanol–water partition coefficient (Wildman–Crippen LogP) is 3.08. The van der Waals surface area contributed by atoms with Gasteiger partial charge in [0.25, 0.3) is 0 Å². The van der Waals surface area contributed by atoms with E-state index < -0.39 is 35.4 Å². The second-order valence-electron chi connectivity index (χ2n) is 7.65. The average molecular weight is 433 g/mol. The lowest BCUT2D eigenvalue weighted by Crippen LogP contribution is -2.51. The minimum Gasteiger partial charge on any atom is -0.337 e. The van der Waals surface area contributed by atoms with Crippen molar-refractivity contribution in [2.24, 2.45) is 0 Å². The summed E-state index contributed by atoms with van der Waals surface area (Å²) >= 11 is 0. The molecule has 7 nitrogen and oxygen atoms in total. The lowest BCUT2D eigenvalue weighted by molar-refractivity contribution is -0.137. The Balaban J connectivity index is 1.48. The van der Waals surface area contributed by atoms with E-state index in [1.54, 1.807) is 12.3 Å². The van der Waals surface area contributed by atoms with Crippen LogP contribution >= 0.6 is 0 Å². The van der Waals surface area contributed by atoms with Crippen LogP contribution in [0, 0.1) is 5.82 Å². The molecule has 3 aromatic rings. The van der Waals surface area contributed by atoms with E-state index >= 15 is 0 Å². The highest BCUT2D eigenvalue weighted by molar-refractivity contribution is 6.00. The van der Waals surface area contributed by atoms with E-state index in [0.717, 1.165) is 11.6 Å². The third-order valence-electron chi connectivity index (χ3n) is 5.70. The molecule has 2 fully saturated rings. The molecule has 1 saturated heterocycles. The average Bonchev–Trinajstić information content (AvgIpc) is 3.34. The molecule has 31 heavy (non-hydrogen) atoms. The summed E-state index contributed by atoms with van der Waals surface area (Å²) in [5, 5.41) is 9.15. The molecular formula is C20H15F4N5O2. The van der Waals surface area contributed by atoms with E-state index in [0.29, 0.717) is 23.8 Å². The van der Waals surface area contributed by atoms with Crippen molar-refractivity contribution in [3.63, 3.8) is 0 Å². The fraction of sp³-hybridized carbons (Fsp3) is 0.300. The topological polar surface area (TPSA) is 88.4 Å². The fourth-order valence-corrected chi connectivity index (χ4v) is 4.06. The second-order valence-corrected chi connectivity index (χ2v) is 7.65. The number of rotatable bonds is 3. The zero-order chi connectivity index (χ0) is 21.9. The molecule has 2 aromatic heterocycles.